The molecule has 4 heteroatoms. The van der Waals surface area contributed by atoms with Crippen LogP contribution in [0.4, 0.5) is 0 Å². The zero-order chi connectivity index (χ0) is 13.8. The molecule has 18 heavy (non-hydrogen) atoms. The molecule has 1 rings (SSSR count). The summed E-state index contributed by atoms with van der Waals surface area (Å²) in [5, 5.41) is 10.1. The first-order valence-electron chi connectivity index (χ1n) is 6.05. The van der Waals surface area contributed by atoms with Crippen LogP contribution in [-0.2, 0) is 0 Å². The topological polar surface area (TPSA) is 81.5 Å². The van der Waals surface area contributed by atoms with Crippen LogP contribution < -0.4 is 16.2 Å². The number of benzene rings is 1. The van der Waals surface area contributed by atoms with Crippen LogP contribution >= 0.6 is 0 Å². The monoisotopic (exact) mass is 250 g/mol. The van der Waals surface area contributed by atoms with Gasteiger partial charge in [0.25, 0.3) is 0 Å². The molecule has 0 aromatic heterocycles. The van der Waals surface area contributed by atoms with Crippen LogP contribution in [0, 0.1) is 5.41 Å². The molecular weight excluding hydrogens is 228 g/mol. The van der Waals surface area contributed by atoms with Crippen molar-refractivity contribution in [2.75, 3.05) is 13.2 Å². The van der Waals surface area contributed by atoms with Gasteiger partial charge < -0.3 is 21.3 Å². The summed E-state index contributed by atoms with van der Waals surface area (Å²) in [6, 6.07) is 5.33. The summed E-state index contributed by atoms with van der Waals surface area (Å²) in [5.74, 6) is 0.569. The Hall–Kier alpha value is -1.68. The van der Waals surface area contributed by atoms with E-state index < -0.39 is 0 Å². The number of hydrogen-bond acceptors (Lipinski definition) is 4. The van der Waals surface area contributed by atoms with Crippen LogP contribution in [0.2, 0.25) is 0 Å². The highest BCUT2D eigenvalue weighted by Crippen LogP contribution is 2.32. The molecule has 0 amide bonds. The van der Waals surface area contributed by atoms with E-state index in [9.17, 15) is 5.11 Å². The molecule has 100 valence electrons. The van der Waals surface area contributed by atoms with Crippen LogP contribution in [0.3, 0.4) is 0 Å². The summed E-state index contributed by atoms with van der Waals surface area (Å²) in [5.41, 5.74) is 12.7. The Bertz CT molecular complexity index is 439. The molecule has 0 radical (unpaired) electrons. The summed E-state index contributed by atoms with van der Waals surface area (Å²) in [7, 11) is 0. The molecule has 0 bridgehead atoms. The lowest BCUT2D eigenvalue weighted by atomic mass is 9.88. The standard InChI is InChI=1S/C14H22N2O2/c1-4-18-11-7-5-6-10(13(11)17)8-12(16)14(2,3)9-15/h5-8,17H,4,9,15-16H2,1-3H3. The molecule has 5 N–H and O–H groups in total. The second kappa shape index (κ2) is 5.78. The van der Waals surface area contributed by atoms with Gasteiger partial charge in [-0.3, -0.25) is 0 Å². The maximum Gasteiger partial charge on any atom is 0.165 e. The first-order chi connectivity index (χ1) is 8.42. The Morgan fingerprint density at radius 2 is 2.11 bits per heavy atom. The van der Waals surface area contributed by atoms with Crippen molar-refractivity contribution in [2.24, 2.45) is 16.9 Å². The molecule has 0 spiro atoms. The van der Waals surface area contributed by atoms with E-state index in [1.807, 2.05) is 26.8 Å². The van der Waals surface area contributed by atoms with Crippen molar-refractivity contribution >= 4 is 6.08 Å². The van der Waals surface area contributed by atoms with E-state index in [4.69, 9.17) is 16.2 Å². The van der Waals surface area contributed by atoms with Crippen molar-refractivity contribution in [3.8, 4) is 11.5 Å². The SMILES string of the molecule is CCOc1cccc(C=C(N)C(C)(C)CN)c1O. The van der Waals surface area contributed by atoms with Gasteiger partial charge in [0.15, 0.2) is 11.5 Å². The zero-order valence-corrected chi connectivity index (χ0v) is 11.2. The number of rotatable bonds is 5. The average Bonchev–Trinajstić information content (AvgIpc) is 2.34. The van der Waals surface area contributed by atoms with E-state index in [0.29, 0.717) is 30.2 Å². The van der Waals surface area contributed by atoms with Crippen molar-refractivity contribution < 1.29 is 9.84 Å². The fourth-order valence-corrected chi connectivity index (χ4v) is 1.41. The summed E-state index contributed by atoms with van der Waals surface area (Å²) >= 11 is 0. The van der Waals surface area contributed by atoms with E-state index >= 15 is 0 Å². The van der Waals surface area contributed by atoms with Crippen LogP contribution in [0.1, 0.15) is 26.3 Å². The normalized spacial score (nSPS) is 12.6. The minimum absolute atomic E-state index is 0.107. The third kappa shape index (κ3) is 3.17. The molecule has 4 nitrogen and oxygen atoms in total. The molecule has 0 saturated heterocycles. The van der Waals surface area contributed by atoms with Crippen molar-refractivity contribution in [1.29, 1.82) is 0 Å². The Balaban J connectivity index is 3.11. The zero-order valence-electron chi connectivity index (χ0n) is 11.2. The van der Waals surface area contributed by atoms with E-state index in [1.165, 1.54) is 0 Å². The highest BCUT2D eigenvalue weighted by Gasteiger charge is 2.19. The molecular formula is C14H22N2O2. The first kappa shape index (κ1) is 14.4. The molecule has 0 heterocycles. The molecule has 0 saturated carbocycles. The number of phenolic OH excluding ortho intramolecular Hbond substituents is 1. The highest BCUT2D eigenvalue weighted by molar-refractivity contribution is 5.63. The van der Waals surface area contributed by atoms with Gasteiger partial charge >= 0.3 is 0 Å². The van der Waals surface area contributed by atoms with Crippen LogP contribution in [0.5, 0.6) is 11.5 Å². The van der Waals surface area contributed by atoms with Crippen molar-refractivity contribution in [2.45, 2.75) is 20.8 Å². The van der Waals surface area contributed by atoms with Crippen molar-refractivity contribution in [3.63, 3.8) is 0 Å². The molecule has 1 aromatic rings. The molecule has 1 aromatic carbocycles. The Morgan fingerprint density at radius 3 is 2.67 bits per heavy atom. The number of nitrogens with two attached hydrogens (primary N) is 2. The molecule has 0 aliphatic heterocycles. The van der Waals surface area contributed by atoms with E-state index in [-0.39, 0.29) is 11.2 Å². The second-order valence-corrected chi connectivity index (χ2v) is 4.81. The van der Waals surface area contributed by atoms with E-state index in [0.717, 1.165) is 0 Å². The largest absolute Gasteiger partial charge is 0.504 e. The Morgan fingerprint density at radius 1 is 1.44 bits per heavy atom. The third-order valence-corrected chi connectivity index (χ3v) is 2.93. The number of aromatic hydroxyl groups is 1. The predicted molar refractivity (Wildman–Crippen MR) is 74.3 cm³/mol. The maximum atomic E-state index is 10.1. The quantitative estimate of drug-likeness (QED) is 0.747. The minimum Gasteiger partial charge on any atom is -0.504 e. The predicted octanol–water partition coefficient (Wildman–Crippen LogP) is 2.08. The lowest BCUT2D eigenvalue weighted by Gasteiger charge is -2.23. The van der Waals surface area contributed by atoms with E-state index in [1.54, 1.807) is 18.2 Å². The van der Waals surface area contributed by atoms with Gasteiger partial charge in [0.2, 0.25) is 0 Å². The molecule has 0 aliphatic carbocycles. The van der Waals surface area contributed by atoms with Crippen LogP contribution in [0.15, 0.2) is 23.9 Å². The summed E-state index contributed by atoms with van der Waals surface area (Å²) in [6.45, 7) is 6.74. The first-order valence-corrected chi connectivity index (χ1v) is 6.05. The van der Waals surface area contributed by atoms with Crippen LogP contribution in [0.25, 0.3) is 6.08 Å². The third-order valence-electron chi connectivity index (χ3n) is 2.93. The van der Waals surface area contributed by atoms with Crippen molar-refractivity contribution in [3.05, 3.63) is 29.5 Å². The number of ether oxygens (including phenoxy) is 1. The summed E-state index contributed by atoms with van der Waals surface area (Å²) in [6.07, 6.45) is 1.74. The fraction of sp³-hybridized carbons (Fsp3) is 0.429. The van der Waals surface area contributed by atoms with Gasteiger partial charge in [-0.15, -0.1) is 0 Å². The van der Waals surface area contributed by atoms with Gasteiger partial charge in [0.1, 0.15) is 0 Å². The molecule has 0 atom stereocenters. The summed E-state index contributed by atoms with van der Waals surface area (Å²) < 4.78 is 5.33. The Kier molecular flexibility index (Phi) is 4.62. The smallest absolute Gasteiger partial charge is 0.165 e. The fourth-order valence-electron chi connectivity index (χ4n) is 1.41. The molecule has 0 aliphatic rings. The average molecular weight is 250 g/mol. The van der Waals surface area contributed by atoms with Crippen molar-refractivity contribution in [1.82, 2.24) is 0 Å². The minimum atomic E-state index is -0.298. The Labute approximate surface area is 108 Å². The molecule has 0 fully saturated rings. The van der Waals surface area contributed by atoms with Gasteiger partial charge in [-0.1, -0.05) is 26.0 Å². The number of para-hydroxylation sites is 1. The van der Waals surface area contributed by atoms with Gasteiger partial charge in [-0.05, 0) is 19.1 Å². The summed E-state index contributed by atoms with van der Waals surface area (Å²) in [4.78, 5) is 0. The second-order valence-electron chi connectivity index (χ2n) is 4.81. The van der Waals surface area contributed by atoms with Gasteiger partial charge in [0, 0.05) is 23.2 Å². The lowest BCUT2D eigenvalue weighted by Crippen LogP contribution is -2.29. The maximum absolute atomic E-state index is 10.1. The van der Waals surface area contributed by atoms with Gasteiger partial charge in [-0.25, -0.2) is 0 Å². The molecule has 0 unspecified atom stereocenters. The van der Waals surface area contributed by atoms with E-state index in [2.05, 4.69) is 0 Å². The lowest BCUT2D eigenvalue weighted by molar-refractivity contribution is 0.318. The number of phenols is 1. The van der Waals surface area contributed by atoms with Crippen LogP contribution in [-0.4, -0.2) is 18.3 Å². The van der Waals surface area contributed by atoms with Gasteiger partial charge in [-0.2, -0.15) is 0 Å². The van der Waals surface area contributed by atoms with Gasteiger partial charge in [0.05, 0.1) is 6.61 Å². The highest BCUT2D eigenvalue weighted by atomic mass is 16.5. The number of hydrogen-bond donors (Lipinski definition) is 3.